The van der Waals surface area contributed by atoms with Crippen LogP contribution in [0.1, 0.15) is 22.6 Å². The van der Waals surface area contributed by atoms with Gasteiger partial charge in [0.1, 0.15) is 5.82 Å². The van der Waals surface area contributed by atoms with Gasteiger partial charge in [-0.3, -0.25) is 0 Å². The van der Waals surface area contributed by atoms with Gasteiger partial charge < -0.3 is 4.98 Å². The molecule has 124 valence electrons. The lowest BCUT2D eigenvalue weighted by Crippen LogP contribution is -2.03. The molecule has 0 aliphatic carbocycles. The van der Waals surface area contributed by atoms with Gasteiger partial charge in [-0.05, 0) is 28.8 Å². The van der Waals surface area contributed by atoms with E-state index in [4.69, 9.17) is 11.6 Å². The van der Waals surface area contributed by atoms with E-state index >= 15 is 0 Å². The second-order valence-corrected chi connectivity index (χ2v) is 5.70. The van der Waals surface area contributed by atoms with Crippen LogP contribution in [0.15, 0.2) is 54.7 Å². The zero-order chi connectivity index (χ0) is 17.2. The molecule has 2 nitrogen and oxygen atoms in total. The largest absolute Gasteiger partial charge is 0.416 e. The van der Waals surface area contributed by atoms with Crippen molar-refractivity contribution in [2.75, 3.05) is 0 Å². The normalized spacial score (nSPS) is 11.7. The third-order valence-corrected chi connectivity index (χ3v) is 3.98. The molecule has 3 aromatic rings. The lowest BCUT2D eigenvalue weighted by molar-refractivity contribution is -0.137. The van der Waals surface area contributed by atoms with Gasteiger partial charge in [0, 0.05) is 18.3 Å². The van der Waals surface area contributed by atoms with Crippen molar-refractivity contribution in [3.8, 4) is 11.1 Å². The standard InChI is InChI=1S/C18H14ClF3N2/c19-10-16-11-23-17(24-16)9-12-1-3-13(4-2-12)14-5-7-15(8-6-14)18(20,21)22/h1-8,11H,9-10H2,(H,23,24). The van der Waals surface area contributed by atoms with E-state index in [0.29, 0.717) is 12.3 Å². The third kappa shape index (κ3) is 3.79. The molecule has 0 radical (unpaired) electrons. The number of H-pyrrole nitrogens is 1. The number of nitrogens with zero attached hydrogens (tertiary/aromatic N) is 1. The summed E-state index contributed by atoms with van der Waals surface area (Å²) in [6.07, 6.45) is -1.96. The Morgan fingerprint density at radius 3 is 2.00 bits per heavy atom. The predicted octanol–water partition coefficient (Wildman–Crippen LogP) is 5.43. The molecule has 0 atom stereocenters. The van der Waals surface area contributed by atoms with Crippen LogP contribution in [0, 0.1) is 0 Å². The highest BCUT2D eigenvalue weighted by atomic mass is 35.5. The summed E-state index contributed by atoms with van der Waals surface area (Å²) in [5.41, 5.74) is 2.90. The average molecular weight is 351 g/mol. The summed E-state index contributed by atoms with van der Waals surface area (Å²) in [4.78, 5) is 7.38. The summed E-state index contributed by atoms with van der Waals surface area (Å²) in [5.74, 6) is 1.22. The number of aromatic nitrogens is 2. The number of imidazole rings is 1. The fourth-order valence-corrected chi connectivity index (χ4v) is 2.56. The number of rotatable bonds is 4. The van der Waals surface area contributed by atoms with Crippen LogP contribution in [-0.4, -0.2) is 9.97 Å². The summed E-state index contributed by atoms with van der Waals surface area (Å²) in [6, 6.07) is 12.8. The van der Waals surface area contributed by atoms with Crippen molar-refractivity contribution < 1.29 is 13.2 Å². The van der Waals surface area contributed by atoms with Crippen molar-refractivity contribution in [3.63, 3.8) is 0 Å². The van der Waals surface area contributed by atoms with Crippen molar-refractivity contribution in [2.45, 2.75) is 18.5 Å². The van der Waals surface area contributed by atoms with E-state index in [9.17, 15) is 13.2 Å². The molecule has 1 aromatic heterocycles. The highest BCUT2D eigenvalue weighted by molar-refractivity contribution is 6.16. The Labute approximate surface area is 142 Å². The van der Waals surface area contributed by atoms with E-state index in [1.54, 1.807) is 6.20 Å². The van der Waals surface area contributed by atoms with E-state index in [-0.39, 0.29) is 0 Å². The summed E-state index contributed by atoms with van der Waals surface area (Å²) >= 11 is 5.73. The number of hydrogen-bond donors (Lipinski definition) is 1. The van der Waals surface area contributed by atoms with Gasteiger partial charge >= 0.3 is 6.18 Å². The first-order valence-electron chi connectivity index (χ1n) is 7.31. The first kappa shape index (κ1) is 16.6. The molecule has 0 aliphatic heterocycles. The molecule has 0 fully saturated rings. The fourth-order valence-electron chi connectivity index (χ4n) is 2.42. The van der Waals surface area contributed by atoms with Crippen LogP contribution in [0.25, 0.3) is 11.1 Å². The van der Waals surface area contributed by atoms with Gasteiger partial charge in [0.25, 0.3) is 0 Å². The Morgan fingerprint density at radius 1 is 0.917 bits per heavy atom. The summed E-state index contributed by atoms with van der Waals surface area (Å²) < 4.78 is 37.8. The third-order valence-electron chi connectivity index (χ3n) is 3.70. The zero-order valence-electron chi connectivity index (χ0n) is 12.6. The van der Waals surface area contributed by atoms with Gasteiger partial charge in [-0.25, -0.2) is 4.98 Å². The molecule has 0 spiro atoms. The quantitative estimate of drug-likeness (QED) is 0.625. The average Bonchev–Trinajstić information content (AvgIpc) is 3.02. The maximum absolute atomic E-state index is 12.6. The molecule has 0 unspecified atom stereocenters. The number of benzene rings is 2. The van der Waals surface area contributed by atoms with Crippen LogP contribution in [0.2, 0.25) is 0 Å². The van der Waals surface area contributed by atoms with Gasteiger partial charge in [0.2, 0.25) is 0 Å². The molecule has 0 saturated heterocycles. The van der Waals surface area contributed by atoms with Gasteiger partial charge in [0.05, 0.1) is 11.4 Å². The van der Waals surface area contributed by atoms with E-state index in [0.717, 1.165) is 40.3 Å². The van der Waals surface area contributed by atoms with Gasteiger partial charge in [-0.15, -0.1) is 11.6 Å². The molecule has 0 aliphatic rings. The van der Waals surface area contributed by atoms with Crippen LogP contribution in [0.3, 0.4) is 0 Å². The minimum Gasteiger partial charge on any atom is -0.345 e. The number of nitrogens with one attached hydrogen (secondary N) is 1. The van der Waals surface area contributed by atoms with Crippen LogP contribution < -0.4 is 0 Å². The van der Waals surface area contributed by atoms with Crippen molar-refractivity contribution in [3.05, 3.63) is 77.4 Å². The van der Waals surface area contributed by atoms with Gasteiger partial charge in [-0.1, -0.05) is 36.4 Å². The molecule has 1 heterocycles. The maximum Gasteiger partial charge on any atom is 0.416 e. The van der Waals surface area contributed by atoms with Crippen molar-refractivity contribution >= 4 is 11.6 Å². The molecular formula is C18H14ClF3N2. The molecular weight excluding hydrogens is 337 g/mol. The summed E-state index contributed by atoms with van der Waals surface area (Å²) in [5, 5.41) is 0. The number of hydrogen-bond acceptors (Lipinski definition) is 1. The van der Waals surface area contributed by atoms with Crippen LogP contribution in [0.5, 0.6) is 0 Å². The zero-order valence-corrected chi connectivity index (χ0v) is 13.3. The second kappa shape index (κ2) is 6.69. The van der Waals surface area contributed by atoms with Gasteiger partial charge in [-0.2, -0.15) is 13.2 Å². The first-order chi connectivity index (χ1) is 11.5. The molecule has 0 saturated carbocycles. The van der Waals surface area contributed by atoms with Crippen LogP contribution in [0.4, 0.5) is 13.2 Å². The smallest absolute Gasteiger partial charge is 0.345 e. The van der Waals surface area contributed by atoms with Crippen LogP contribution >= 0.6 is 11.6 Å². The Hall–Kier alpha value is -2.27. The summed E-state index contributed by atoms with van der Waals surface area (Å²) in [6.45, 7) is 0. The molecule has 3 rings (SSSR count). The Balaban J connectivity index is 1.74. The second-order valence-electron chi connectivity index (χ2n) is 5.44. The first-order valence-corrected chi connectivity index (χ1v) is 7.84. The lowest BCUT2D eigenvalue weighted by Gasteiger charge is -2.08. The van der Waals surface area contributed by atoms with Crippen molar-refractivity contribution in [1.82, 2.24) is 9.97 Å². The number of aromatic amines is 1. The summed E-state index contributed by atoms with van der Waals surface area (Å²) in [7, 11) is 0. The number of alkyl halides is 4. The highest BCUT2D eigenvalue weighted by Gasteiger charge is 2.29. The topological polar surface area (TPSA) is 28.7 Å². The van der Waals surface area contributed by atoms with E-state index in [1.807, 2.05) is 24.3 Å². The molecule has 2 aromatic carbocycles. The van der Waals surface area contributed by atoms with Crippen molar-refractivity contribution in [2.24, 2.45) is 0 Å². The van der Waals surface area contributed by atoms with E-state index in [1.165, 1.54) is 12.1 Å². The van der Waals surface area contributed by atoms with E-state index < -0.39 is 11.7 Å². The molecule has 0 bridgehead atoms. The SMILES string of the molecule is FC(F)(F)c1ccc(-c2ccc(Cc3ncc(CCl)[nH]3)cc2)cc1. The monoisotopic (exact) mass is 350 g/mol. The molecule has 0 amide bonds. The maximum atomic E-state index is 12.6. The Kier molecular flexibility index (Phi) is 4.62. The van der Waals surface area contributed by atoms with Gasteiger partial charge in [0.15, 0.2) is 0 Å². The predicted molar refractivity (Wildman–Crippen MR) is 87.8 cm³/mol. The minimum atomic E-state index is -4.31. The van der Waals surface area contributed by atoms with Crippen LogP contribution in [-0.2, 0) is 18.5 Å². The molecule has 6 heteroatoms. The minimum absolute atomic E-state index is 0.389. The highest BCUT2D eigenvalue weighted by Crippen LogP contribution is 2.31. The molecule has 1 N–H and O–H groups in total. The lowest BCUT2D eigenvalue weighted by atomic mass is 10.0. The molecule has 24 heavy (non-hydrogen) atoms. The fraction of sp³-hybridized carbons (Fsp3) is 0.167. The van der Waals surface area contributed by atoms with E-state index in [2.05, 4.69) is 9.97 Å². The Morgan fingerprint density at radius 2 is 1.50 bits per heavy atom. The number of halogens is 4. The Bertz CT molecular complexity index is 806. The van der Waals surface area contributed by atoms with Crippen molar-refractivity contribution in [1.29, 1.82) is 0 Å².